The molecule has 0 fully saturated rings. The second kappa shape index (κ2) is 4.70. The van der Waals surface area contributed by atoms with Crippen molar-refractivity contribution in [3.05, 3.63) is 34.8 Å². The van der Waals surface area contributed by atoms with Gasteiger partial charge in [0.05, 0.1) is 7.11 Å². The molecule has 0 atom stereocenters. The molecule has 0 aliphatic carbocycles. The molecule has 16 heavy (non-hydrogen) atoms. The van der Waals surface area contributed by atoms with E-state index in [2.05, 4.69) is 20.9 Å². The normalized spacial score (nSPS) is 10.4. The maximum atomic E-state index is 5.47. The number of halogens is 1. The molecular formula is C12H12BrNO2. The zero-order valence-electron chi connectivity index (χ0n) is 9.16. The molecule has 0 saturated heterocycles. The molecule has 3 nitrogen and oxygen atoms in total. The van der Waals surface area contributed by atoms with Crippen molar-refractivity contribution in [3.63, 3.8) is 0 Å². The number of methoxy groups -OCH3 is 1. The number of oxazole rings is 1. The van der Waals surface area contributed by atoms with Crippen LogP contribution in [-0.4, -0.2) is 12.1 Å². The third kappa shape index (κ3) is 1.97. The molecule has 2 rings (SSSR count). The largest absolute Gasteiger partial charge is 0.496 e. The molecule has 0 spiro atoms. The van der Waals surface area contributed by atoms with Crippen molar-refractivity contribution >= 4 is 15.9 Å². The Hall–Kier alpha value is -1.29. The minimum Gasteiger partial charge on any atom is -0.496 e. The summed E-state index contributed by atoms with van der Waals surface area (Å²) in [5.41, 5.74) is 1.79. The van der Waals surface area contributed by atoms with Crippen LogP contribution in [-0.2, 0) is 6.42 Å². The molecule has 0 amide bonds. The van der Waals surface area contributed by atoms with Crippen LogP contribution in [0.5, 0.6) is 5.75 Å². The minimum absolute atomic E-state index is 0.505. The van der Waals surface area contributed by atoms with E-state index >= 15 is 0 Å². The summed E-state index contributed by atoms with van der Waals surface area (Å²) in [5.74, 6) is 1.66. The monoisotopic (exact) mass is 281 g/mol. The van der Waals surface area contributed by atoms with Crippen LogP contribution in [0.25, 0.3) is 11.3 Å². The molecule has 2 aromatic rings. The number of nitrogens with zero attached hydrogens (tertiary/aromatic N) is 1. The van der Waals surface area contributed by atoms with E-state index in [4.69, 9.17) is 9.15 Å². The van der Waals surface area contributed by atoms with Gasteiger partial charge in [-0.3, -0.25) is 0 Å². The molecular weight excluding hydrogens is 270 g/mol. The lowest BCUT2D eigenvalue weighted by Gasteiger charge is -2.05. The molecule has 0 N–H and O–H groups in total. The topological polar surface area (TPSA) is 35.3 Å². The van der Waals surface area contributed by atoms with Crippen LogP contribution in [0.2, 0.25) is 0 Å². The lowest BCUT2D eigenvalue weighted by atomic mass is 10.1. The fraction of sp³-hybridized carbons (Fsp3) is 0.250. The van der Waals surface area contributed by atoms with E-state index in [-0.39, 0.29) is 0 Å². The summed E-state index contributed by atoms with van der Waals surface area (Å²) in [6.07, 6.45) is 0.798. The molecule has 84 valence electrons. The fourth-order valence-corrected chi connectivity index (χ4v) is 1.99. The van der Waals surface area contributed by atoms with Crippen LogP contribution in [0.4, 0.5) is 0 Å². The van der Waals surface area contributed by atoms with Crippen molar-refractivity contribution in [2.75, 3.05) is 7.11 Å². The number of para-hydroxylation sites is 1. The summed E-state index contributed by atoms with van der Waals surface area (Å²) in [6.45, 7) is 2.03. The van der Waals surface area contributed by atoms with Crippen molar-refractivity contribution in [2.45, 2.75) is 13.3 Å². The van der Waals surface area contributed by atoms with E-state index in [1.807, 2.05) is 31.2 Å². The Morgan fingerprint density at radius 1 is 1.38 bits per heavy atom. The van der Waals surface area contributed by atoms with Crippen molar-refractivity contribution < 1.29 is 9.15 Å². The Morgan fingerprint density at radius 3 is 2.81 bits per heavy atom. The molecule has 0 aliphatic rings. The van der Waals surface area contributed by atoms with Gasteiger partial charge in [-0.2, -0.15) is 0 Å². The number of ether oxygens (including phenoxy) is 1. The maximum absolute atomic E-state index is 5.47. The number of hydrogen-bond donors (Lipinski definition) is 0. The fourth-order valence-electron chi connectivity index (χ4n) is 1.61. The Labute approximate surface area is 103 Å². The van der Waals surface area contributed by atoms with Crippen molar-refractivity contribution in [3.8, 4) is 17.0 Å². The van der Waals surface area contributed by atoms with E-state index in [1.54, 1.807) is 7.11 Å². The number of hydrogen-bond acceptors (Lipinski definition) is 3. The SMILES string of the molecule is CCc1oc(Br)nc1-c1ccccc1OC. The number of aryl methyl sites for hydroxylation is 1. The second-order valence-electron chi connectivity index (χ2n) is 3.29. The molecule has 0 aliphatic heterocycles. The summed E-state index contributed by atoms with van der Waals surface area (Å²) in [6, 6.07) is 7.78. The first kappa shape index (κ1) is 11.2. The van der Waals surface area contributed by atoms with Gasteiger partial charge in [-0.1, -0.05) is 19.1 Å². The van der Waals surface area contributed by atoms with Gasteiger partial charge in [0.25, 0.3) is 4.80 Å². The van der Waals surface area contributed by atoms with Gasteiger partial charge in [0.15, 0.2) is 0 Å². The third-order valence-electron chi connectivity index (χ3n) is 2.35. The van der Waals surface area contributed by atoms with Gasteiger partial charge in [0.2, 0.25) is 0 Å². The Bertz CT molecular complexity index is 494. The highest BCUT2D eigenvalue weighted by atomic mass is 79.9. The van der Waals surface area contributed by atoms with Gasteiger partial charge in [-0.15, -0.1) is 0 Å². The molecule has 1 aromatic heterocycles. The zero-order valence-corrected chi connectivity index (χ0v) is 10.7. The van der Waals surface area contributed by atoms with E-state index in [1.165, 1.54) is 0 Å². The summed E-state index contributed by atoms with van der Waals surface area (Å²) in [4.78, 5) is 4.84. The van der Waals surface area contributed by atoms with Gasteiger partial charge in [0.1, 0.15) is 17.2 Å². The molecule has 0 saturated carbocycles. The number of benzene rings is 1. The van der Waals surface area contributed by atoms with Gasteiger partial charge >= 0.3 is 0 Å². The first-order valence-corrected chi connectivity index (χ1v) is 5.84. The van der Waals surface area contributed by atoms with Gasteiger partial charge in [-0.05, 0) is 12.1 Å². The summed E-state index contributed by atoms with van der Waals surface area (Å²) >= 11 is 3.25. The molecule has 0 radical (unpaired) electrons. The Kier molecular flexibility index (Phi) is 3.29. The molecule has 1 heterocycles. The van der Waals surface area contributed by atoms with Crippen LogP contribution in [0.15, 0.2) is 33.5 Å². The smallest absolute Gasteiger partial charge is 0.264 e. The Balaban J connectivity index is 2.57. The third-order valence-corrected chi connectivity index (χ3v) is 2.69. The molecule has 0 bridgehead atoms. The standard InChI is InChI=1S/C12H12BrNO2/c1-3-9-11(14-12(13)16-9)8-6-4-5-7-10(8)15-2/h4-7H,3H2,1-2H3. The van der Waals surface area contributed by atoms with Crippen LogP contribution < -0.4 is 4.74 Å². The predicted molar refractivity (Wildman–Crippen MR) is 65.6 cm³/mol. The van der Waals surface area contributed by atoms with E-state index in [0.717, 1.165) is 29.2 Å². The van der Waals surface area contributed by atoms with Crippen molar-refractivity contribution in [2.24, 2.45) is 0 Å². The summed E-state index contributed by atoms with van der Waals surface area (Å²) in [5, 5.41) is 0. The first-order chi connectivity index (χ1) is 7.76. The van der Waals surface area contributed by atoms with Gasteiger partial charge < -0.3 is 9.15 Å². The van der Waals surface area contributed by atoms with E-state index in [9.17, 15) is 0 Å². The minimum atomic E-state index is 0.505. The summed E-state index contributed by atoms with van der Waals surface area (Å²) in [7, 11) is 1.65. The second-order valence-corrected chi connectivity index (χ2v) is 3.97. The Morgan fingerprint density at radius 2 is 2.12 bits per heavy atom. The molecule has 1 aromatic carbocycles. The number of rotatable bonds is 3. The lowest BCUT2D eigenvalue weighted by Crippen LogP contribution is -1.90. The average Bonchev–Trinajstić information content (AvgIpc) is 2.70. The van der Waals surface area contributed by atoms with E-state index < -0.39 is 0 Å². The summed E-state index contributed by atoms with van der Waals surface area (Å²) < 4.78 is 10.8. The predicted octanol–water partition coefficient (Wildman–Crippen LogP) is 3.68. The van der Waals surface area contributed by atoms with Gasteiger partial charge in [0, 0.05) is 27.9 Å². The van der Waals surface area contributed by atoms with Crippen molar-refractivity contribution in [1.82, 2.24) is 4.98 Å². The van der Waals surface area contributed by atoms with Crippen LogP contribution in [0.1, 0.15) is 12.7 Å². The van der Waals surface area contributed by atoms with Gasteiger partial charge in [-0.25, -0.2) is 4.98 Å². The van der Waals surface area contributed by atoms with Crippen molar-refractivity contribution in [1.29, 1.82) is 0 Å². The van der Waals surface area contributed by atoms with E-state index in [0.29, 0.717) is 4.80 Å². The average molecular weight is 282 g/mol. The lowest BCUT2D eigenvalue weighted by molar-refractivity contribution is 0.416. The molecule has 0 unspecified atom stereocenters. The highest BCUT2D eigenvalue weighted by Crippen LogP contribution is 2.33. The number of aromatic nitrogens is 1. The highest BCUT2D eigenvalue weighted by Gasteiger charge is 2.15. The maximum Gasteiger partial charge on any atom is 0.264 e. The van der Waals surface area contributed by atoms with Crippen LogP contribution >= 0.6 is 15.9 Å². The first-order valence-electron chi connectivity index (χ1n) is 5.04. The van der Waals surface area contributed by atoms with Crippen LogP contribution in [0, 0.1) is 0 Å². The zero-order chi connectivity index (χ0) is 11.5. The molecule has 4 heteroatoms. The van der Waals surface area contributed by atoms with Crippen LogP contribution in [0.3, 0.4) is 0 Å². The quantitative estimate of drug-likeness (QED) is 0.861. The highest BCUT2D eigenvalue weighted by molar-refractivity contribution is 9.10.